The van der Waals surface area contributed by atoms with Gasteiger partial charge < -0.3 is 19.1 Å². The van der Waals surface area contributed by atoms with E-state index in [9.17, 15) is 4.39 Å². The molecule has 3 aromatic carbocycles. The molecule has 0 N–H and O–H groups in total. The van der Waals surface area contributed by atoms with Crippen LogP contribution < -0.4 is 4.74 Å². The van der Waals surface area contributed by atoms with E-state index >= 15 is 0 Å². The standard InChI is InChI=1S/C32H38ClFN2O3/c33-28-8-4-9-31(24-28)39-30-14-18-35(19-15-30)20-21-36(25-26-6-2-1-3-7-26)17-5-16-32(37-22-23-38-32)27-10-12-29(34)13-11-27/h1-4,6-13,24,30H,5,14-23,25H2. The smallest absolute Gasteiger partial charge is 0.195 e. The molecule has 0 aliphatic carbocycles. The SMILES string of the molecule is Fc1ccc(C2(CCCN(CCN3CCC(Oc4cccc(Cl)c4)CC3)Cc3ccccc3)OCCO2)cc1. The lowest BCUT2D eigenvalue weighted by molar-refractivity contribution is -0.172. The first kappa shape index (κ1) is 28.1. The van der Waals surface area contributed by atoms with Crippen LogP contribution in [0.25, 0.3) is 0 Å². The van der Waals surface area contributed by atoms with Crippen LogP contribution >= 0.6 is 11.6 Å². The summed E-state index contributed by atoms with van der Waals surface area (Å²) in [5.74, 6) is -0.179. The Morgan fingerprint density at radius 3 is 2.38 bits per heavy atom. The third kappa shape index (κ3) is 8.03. The van der Waals surface area contributed by atoms with Gasteiger partial charge in [-0.15, -0.1) is 0 Å². The van der Waals surface area contributed by atoms with Crippen molar-refractivity contribution in [3.8, 4) is 5.75 Å². The molecule has 0 spiro atoms. The quantitative estimate of drug-likeness (QED) is 0.256. The molecule has 2 fully saturated rings. The lowest BCUT2D eigenvalue weighted by atomic mass is 10.00. The van der Waals surface area contributed by atoms with Gasteiger partial charge in [-0.2, -0.15) is 0 Å². The Morgan fingerprint density at radius 1 is 0.923 bits per heavy atom. The van der Waals surface area contributed by atoms with Crippen LogP contribution in [0.2, 0.25) is 5.02 Å². The molecule has 0 radical (unpaired) electrons. The fraction of sp³-hybridized carbons (Fsp3) is 0.438. The predicted octanol–water partition coefficient (Wildman–Crippen LogP) is 6.50. The second kappa shape index (κ2) is 13.7. The van der Waals surface area contributed by atoms with Crippen molar-refractivity contribution in [1.29, 1.82) is 0 Å². The summed E-state index contributed by atoms with van der Waals surface area (Å²) in [6.45, 7) is 7.01. The molecule has 7 heteroatoms. The lowest BCUT2D eigenvalue weighted by Crippen LogP contribution is -2.42. The minimum absolute atomic E-state index is 0.231. The molecule has 0 saturated carbocycles. The number of halogens is 2. The zero-order valence-corrected chi connectivity index (χ0v) is 23.2. The largest absolute Gasteiger partial charge is 0.490 e. The Kier molecular flexibility index (Phi) is 9.88. The molecular formula is C32H38ClFN2O3. The topological polar surface area (TPSA) is 34.2 Å². The highest BCUT2D eigenvalue weighted by Crippen LogP contribution is 2.36. The molecule has 2 aliphatic rings. The molecule has 5 rings (SSSR count). The zero-order valence-electron chi connectivity index (χ0n) is 22.4. The van der Waals surface area contributed by atoms with Crippen molar-refractivity contribution < 1.29 is 18.6 Å². The summed E-state index contributed by atoms with van der Waals surface area (Å²) in [5.41, 5.74) is 2.20. The molecule has 0 atom stereocenters. The first-order valence-corrected chi connectivity index (χ1v) is 14.4. The van der Waals surface area contributed by atoms with Crippen molar-refractivity contribution in [2.45, 2.75) is 44.1 Å². The monoisotopic (exact) mass is 552 g/mol. The van der Waals surface area contributed by atoms with E-state index in [1.807, 2.05) is 24.3 Å². The summed E-state index contributed by atoms with van der Waals surface area (Å²) in [6.07, 6.45) is 3.91. The summed E-state index contributed by atoms with van der Waals surface area (Å²) >= 11 is 6.11. The first-order valence-electron chi connectivity index (χ1n) is 14.0. The Morgan fingerprint density at radius 2 is 1.67 bits per heavy atom. The number of likely N-dealkylation sites (tertiary alicyclic amines) is 1. The number of rotatable bonds is 12. The van der Waals surface area contributed by atoms with Crippen LogP contribution in [0.3, 0.4) is 0 Å². The maximum Gasteiger partial charge on any atom is 0.195 e. The number of nitrogens with zero attached hydrogens (tertiary/aromatic N) is 2. The van der Waals surface area contributed by atoms with Gasteiger partial charge >= 0.3 is 0 Å². The van der Waals surface area contributed by atoms with Crippen molar-refractivity contribution >= 4 is 11.6 Å². The van der Waals surface area contributed by atoms with Gasteiger partial charge in [-0.25, -0.2) is 4.39 Å². The summed E-state index contributed by atoms with van der Waals surface area (Å²) in [6, 6.07) is 24.8. The van der Waals surface area contributed by atoms with E-state index in [1.54, 1.807) is 12.1 Å². The van der Waals surface area contributed by atoms with E-state index in [2.05, 4.69) is 40.1 Å². The molecule has 208 valence electrons. The molecular weight excluding hydrogens is 515 g/mol. The summed E-state index contributed by atoms with van der Waals surface area (Å²) in [4.78, 5) is 5.07. The zero-order chi connectivity index (χ0) is 26.9. The third-order valence-electron chi connectivity index (χ3n) is 7.63. The molecule has 2 aliphatic heterocycles. The molecule has 2 saturated heterocycles. The average molecular weight is 553 g/mol. The molecule has 5 nitrogen and oxygen atoms in total. The van der Waals surface area contributed by atoms with Crippen LogP contribution in [0.1, 0.15) is 36.8 Å². The van der Waals surface area contributed by atoms with Crippen molar-refractivity contribution in [2.75, 3.05) is 45.9 Å². The summed E-state index contributed by atoms with van der Waals surface area (Å²) in [7, 11) is 0. The van der Waals surface area contributed by atoms with Crippen molar-refractivity contribution in [2.24, 2.45) is 0 Å². The first-order chi connectivity index (χ1) is 19.1. The third-order valence-corrected chi connectivity index (χ3v) is 7.87. The Balaban J connectivity index is 1.13. The number of hydrogen-bond acceptors (Lipinski definition) is 5. The van der Waals surface area contributed by atoms with E-state index in [0.29, 0.717) is 18.2 Å². The van der Waals surface area contributed by atoms with Crippen LogP contribution in [-0.2, 0) is 21.8 Å². The van der Waals surface area contributed by atoms with Gasteiger partial charge in [0.05, 0.1) is 13.2 Å². The fourth-order valence-corrected chi connectivity index (χ4v) is 5.71. The second-order valence-electron chi connectivity index (χ2n) is 10.4. The molecule has 39 heavy (non-hydrogen) atoms. The highest BCUT2D eigenvalue weighted by Gasteiger charge is 2.38. The predicted molar refractivity (Wildman–Crippen MR) is 152 cm³/mol. The number of benzene rings is 3. The van der Waals surface area contributed by atoms with Gasteiger partial charge in [0.2, 0.25) is 0 Å². The normalized spacial score (nSPS) is 18.0. The van der Waals surface area contributed by atoms with Crippen molar-refractivity contribution in [3.63, 3.8) is 0 Å². The maximum atomic E-state index is 13.5. The van der Waals surface area contributed by atoms with Crippen LogP contribution in [0.4, 0.5) is 4.39 Å². The molecule has 3 aromatic rings. The highest BCUT2D eigenvalue weighted by atomic mass is 35.5. The fourth-order valence-electron chi connectivity index (χ4n) is 5.53. The van der Waals surface area contributed by atoms with Gasteiger partial charge in [0, 0.05) is 49.7 Å². The van der Waals surface area contributed by atoms with E-state index in [4.69, 9.17) is 25.8 Å². The van der Waals surface area contributed by atoms with Crippen LogP contribution in [-0.4, -0.2) is 61.8 Å². The molecule has 0 unspecified atom stereocenters. The van der Waals surface area contributed by atoms with Crippen LogP contribution in [0.15, 0.2) is 78.9 Å². The lowest BCUT2D eigenvalue weighted by Gasteiger charge is -2.34. The van der Waals surface area contributed by atoms with Crippen LogP contribution in [0, 0.1) is 5.82 Å². The van der Waals surface area contributed by atoms with Gasteiger partial charge in [0.15, 0.2) is 5.79 Å². The van der Waals surface area contributed by atoms with E-state index in [-0.39, 0.29) is 11.9 Å². The Bertz CT molecular complexity index is 1150. The van der Waals surface area contributed by atoms with Crippen molar-refractivity contribution in [1.82, 2.24) is 9.80 Å². The molecule has 0 amide bonds. The Hall–Kier alpha value is -2.48. The summed E-state index contributed by atoms with van der Waals surface area (Å²) in [5, 5.41) is 0.707. The minimum atomic E-state index is -0.781. The van der Waals surface area contributed by atoms with Gasteiger partial charge in [0.1, 0.15) is 17.7 Å². The van der Waals surface area contributed by atoms with Crippen molar-refractivity contribution in [3.05, 3.63) is 101 Å². The second-order valence-corrected chi connectivity index (χ2v) is 10.9. The maximum absolute atomic E-state index is 13.5. The van der Waals surface area contributed by atoms with Gasteiger partial charge in [-0.1, -0.05) is 60.1 Å². The van der Waals surface area contributed by atoms with Gasteiger partial charge in [-0.3, -0.25) is 4.90 Å². The van der Waals surface area contributed by atoms with E-state index in [0.717, 1.165) is 76.3 Å². The average Bonchev–Trinajstić information content (AvgIpc) is 3.43. The van der Waals surface area contributed by atoms with Crippen LogP contribution in [0.5, 0.6) is 5.75 Å². The number of hydrogen-bond donors (Lipinski definition) is 0. The van der Waals surface area contributed by atoms with Gasteiger partial charge in [-0.05, 0) is 61.7 Å². The molecule has 0 bridgehead atoms. The van der Waals surface area contributed by atoms with Gasteiger partial charge in [0.25, 0.3) is 0 Å². The van der Waals surface area contributed by atoms with E-state index < -0.39 is 5.79 Å². The number of ether oxygens (including phenoxy) is 3. The summed E-state index contributed by atoms with van der Waals surface area (Å²) < 4.78 is 31.9. The number of piperidine rings is 1. The minimum Gasteiger partial charge on any atom is -0.490 e. The van der Waals surface area contributed by atoms with E-state index in [1.165, 1.54) is 17.7 Å². The highest BCUT2D eigenvalue weighted by molar-refractivity contribution is 6.30. The molecule has 0 aromatic heterocycles. The molecule has 2 heterocycles. The Labute approximate surface area is 236 Å².